The van der Waals surface area contributed by atoms with Crippen molar-refractivity contribution in [3.63, 3.8) is 0 Å². The van der Waals surface area contributed by atoms with Gasteiger partial charge in [0.2, 0.25) is 0 Å². The van der Waals surface area contributed by atoms with E-state index < -0.39 is 0 Å². The Balaban J connectivity index is 1.99. The lowest BCUT2D eigenvalue weighted by atomic mass is 9.97. The van der Waals surface area contributed by atoms with Crippen LogP contribution >= 0.6 is 11.8 Å². The van der Waals surface area contributed by atoms with Crippen molar-refractivity contribution in [1.82, 2.24) is 14.8 Å². The van der Waals surface area contributed by atoms with Crippen molar-refractivity contribution in [2.45, 2.75) is 42.2 Å². The van der Waals surface area contributed by atoms with E-state index in [4.69, 9.17) is 0 Å². The molecule has 2 atom stereocenters. The Kier molecular flexibility index (Phi) is 3.08. The van der Waals surface area contributed by atoms with Gasteiger partial charge in [0.15, 0.2) is 5.16 Å². The molecule has 0 saturated heterocycles. The molecule has 1 aromatic heterocycles. The molecule has 1 heterocycles. The molecule has 0 aliphatic heterocycles. The van der Waals surface area contributed by atoms with Gasteiger partial charge in [-0.25, -0.2) is 9.67 Å². The van der Waals surface area contributed by atoms with E-state index in [1.54, 1.807) is 22.8 Å². The van der Waals surface area contributed by atoms with E-state index in [1.807, 2.05) is 7.05 Å². The summed E-state index contributed by atoms with van der Waals surface area (Å²) in [6, 6.07) is 0. The number of aliphatic hydroxyl groups excluding tert-OH is 1. The van der Waals surface area contributed by atoms with Crippen LogP contribution in [0.4, 0.5) is 0 Å². The fourth-order valence-corrected chi connectivity index (χ4v) is 2.90. The van der Waals surface area contributed by atoms with Crippen LogP contribution in [-0.2, 0) is 7.05 Å². The molecule has 0 spiro atoms. The minimum Gasteiger partial charge on any atom is -0.392 e. The van der Waals surface area contributed by atoms with Gasteiger partial charge in [-0.15, -0.1) is 0 Å². The summed E-state index contributed by atoms with van der Waals surface area (Å²) in [5.74, 6) is 0. The summed E-state index contributed by atoms with van der Waals surface area (Å²) >= 11 is 1.65. The maximum absolute atomic E-state index is 9.78. The van der Waals surface area contributed by atoms with Crippen LogP contribution in [0.3, 0.4) is 0 Å². The number of aryl methyl sites for hydroxylation is 1. The average molecular weight is 213 g/mol. The maximum Gasteiger partial charge on any atom is 0.186 e. The molecular weight excluding hydrogens is 198 g/mol. The molecule has 14 heavy (non-hydrogen) atoms. The van der Waals surface area contributed by atoms with E-state index >= 15 is 0 Å². The fraction of sp³-hybridized carbons (Fsp3) is 0.778. The van der Waals surface area contributed by atoms with Crippen molar-refractivity contribution in [2.24, 2.45) is 7.05 Å². The average Bonchev–Trinajstić information content (AvgIpc) is 2.56. The van der Waals surface area contributed by atoms with Gasteiger partial charge in [0.05, 0.1) is 6.10 Å². The molecular formula is C9H15N3OS. The molecule has 1 aromatic rings. The first-order valence-electron chi connectivity index (χ1n) is 4.96. The highest BCUT2D eigenvalue weighted by molar-refractivity contribution is 7.99. The Morgan fingerprint density at radius 3 is 2.93 bits per heavy atom. The smallest absolute Gasteiger partial charge is 0.186 e. The highest BCUT2D eigenvalue weighted by Crippen LogP contribution is 2.32. The third kappa shape index (κ3) is 2.09. The lowest BCUT2D eigenvalue weighted by molar-refractivity contribution is 0.137. The van der Waals surface area contributed by atoms with Gasteiger partial charge in [-0.2, -0.15) is 5.10 Å². The van der Waals surface area contributed by atoms with Gasteiger partial charge >= 0.3 is 0 Å². The number of hydrogen-bond donors (Lipinski definition) is 1. The summed E-state index contributed by atoms with van der Waals surface area (Å²) < 4.78 is 1.76. The largest absolute Gasteiger partial charge is 0.392 e. The molecule has 1 aliphatic rings. The maximum atomic E-state index is 9.78. The van der Waals surface area contributed by atoms with E-state index in [2.05, 4.69) is 10.1 Å². The summed E-state index contributed by atoms with van der Waals surface area (Å²) in [4.78, 5) is 4.15. The van der Waals surface area contributed by atoms with E-state index in [9.17, 15) is 5.11 Å². The van der Waals surface area contributed by atoms with Crippen LogP contribution < -0.4 is 0 Å². The third-order valence-corrected chi connectivity index (χ3v) is 4.03. The molecule has 1 N–H and O–H groups in total. The first-order chi connectivity index (χ1) is 6.77. The van der Waals surface area contributed by atoms with E-state index in [-0.39, 0.29) is 6.10 Å². The predicted octanol–water partition coefficient (Wildman–Crippen LogP) is 1.21. The van der Waals surface area contributed by atoms with E-state index in [0.29, 0.717) is 5.25 Å². The highest BCUT2D eigenvalue weighted by Gasteiger charge is 2.25. The minimum absolute atomic E-state index is 0.176. The van der Waals surface area contributed by atoms with Crippen molar-refractivity contribution >= 4 is 11.8 Å². The van der Waals surface area contributed by atoms with Crippen molar-refractivity contribution in [2.75, 3.05) is 0 Å². The number of nitrogens with zero attached hydrogens (tertiary/aromatic N) is 3. The molecule has 0 amide bonds. The van der Waals surface area contributed by atoms with Crippen molar-refractivity contribution in [3.8, 4) is 0 Å². The van der Waals surface area contributed by atoms with Crippen molar-refractivity contribution in [1.29, 1.82) is 0 Å². The minimum atomic E-state index is -0.176. The van der Waals surface area contributed by atoms with Crippen LogP contribution in [0.25, 0.3) is 0 Å². The molecule has 1 fully saturated rings. The summed E-state index contributed by atoms with van der Waals surface area (Å²) in [6.07, 6.45) is 5.75. The van der Waals surface area contributed by atoms with Gasteiger partial charge in [-0.3, -0.25) is 0 Å². The highest BCUT2D eigenvalue weighted by atomic mass is 32.2. The number of aliphatic hydroxyl groups is 1. The van der Waals surface area contributed by atoms with Crippen LogP contribution in [0.2, 0.25) is 0 Å². The molecule has 0 radical (unpaired) electrons. The second-order valence-electron chi connectivity index (χ2n) is 3.67. The fourth-order valence-electron chi connectivity index (χ4n) is 1.74. The molecule has 5 heteroatoms. The SMILES string of the molecule is Cn1ncnc1S[C@H]1CCCC[C@@H]1O. The summed E-state index contributed by atoms with van der Waals surface area (Å²) in [5, 5.41) is 15.0. The van der Waals surface area contributed by atoms with Gasteiger partial charge in [0.25, 0.3) is 0 Å². The van der Waals surface area contributed by atoms with E-state index in [0.717, 1.165) is 24.4 Å². The Morgan fingerprint density at radius 2 is 2.29 bits per heavy atom. The van der Waals surface area contributed by atoms with E-state index in [1.165, 1.54) is 6.42 Å². The number of thioether (sulfide) groups is 1. The molecule has 0 unspecified atom stereocenters. The second-order valence-corrected chi connectivity index (χ2v) is 4.88. The Hall–Kier alpha value is -0.550. The van der Waals surface area contributed by atoms with Crippen LogP contribution in [0.15, 0.2) is 11.5 Å². The van der Waals surface area contributed by atoms with Crippen LogP contribution in [0.5, 0.6) is 0 Å². The Bertz CT molecular complexity index is 302. The van der Waals surface area contributed by atoms with Crippen molar-refractivity contribution in [3.05, 3.63) is 6.33 Å². The van der Waals surface area contributed by atoms with Gasteiger partial charge in [0.1, 0.15) is 6.33 Å². The Labute approximate surface area is 87.7 Å². The molecule has 1 aliphatic carbocycles. The Morgan fingerprint density at radius 1 is 1.50 bits per heavy atom. The van der Waals surface area contributed by atoms with Gasteiger partial charge in [-0.05, 0) is 12.8 Å². The first kappa shape index (κ1) is 9.98. The topological polar surface area (TPSA) is 50.9 Å². The van der Waals surface area contributed by atoms with Crippen LogP contribution in [0.1, 0.15) is 25.7 Å². The molecule has 0 bridgehead atoms. The van der Waals surface area contributed by atoms with Crippen molar-refractivity contribution < 1.29 is 5.11 Å². The third-order valence-electron chi connectivity index (χ3n) is 2.59. The molecule has 0 aromatic carbocycles. The molecule has 2 rings (SSSR count). The zero-order valence-corrected chi connectivity index (χ0v) is 9.07. The summed E-state index contributed by atoms with van der Waals surface area (Å²) in [7, 11) is 1.88. The first-order valence-corrected chi connectivity index (χ1v) is 5.84. The van der Waals surface area contributed by atoms with Gasteiger partial charge < -0.3 is 5.11 Å². The zero-order valence-electron chi connectivity index (χ0n) is 8.26. The zero-order chi connectivity index (χ0) is 9.97. The van der Waals surface area contributed by atoms with Crippen LogP contribution in [0, 0.1) is 0 Å². The van der Waals surface area contributed by atoms with Gasteiger partial charge in [-0.1, -0.05) is 24.6 Å². The van der Waals surface area contributed by atoms with Gasteiger partial charge in [0, 0.05) is 12.3 Å². The van der Waals surface area contributed by atoms with Crippen LogP contribution in [-0.4, -0.2) is 31.2 Å². The summed E-state index contributed by atoms with van der Waals surface area (Å²) in [6.45, 7) is 0. The monoisotopic (exact) mass is 213 g/mol. The molecule has 4 nitrogen and oxygen atoms in total. The number of hydrogen-bond acceptors (Lipinski definition) is 4. The number of aromatic nitrogens is 3. The normalized spacial score (nSPS) is 27.9. The second kappa shape index (κ2) is 4.31. The predicted molar refractivity (Wildman–Crippen MR) is 55.1 cm³/mol. The molecule has 78 valence electrons. The summed E-state index contributed by atoms with van der Waals surface area (Å²) in [5.41, 5.74) is 0. The standard InChI is InChI=1S/C9H15N3OS/c1-12-9(10-6-11-12)14-8-5-3-2-4-7(8)13/h6-8,13H,2-5H2,1H3/t7-,8-/m0/s1. The lowest BCUT2D eigenvalue weighted by Gasteiger charge is -2.26. The quantitative estimate of drug-likeness (QED) is 0.802. The number of rotatable bonds is 2. The lowest BCUT2D eigenvalue weighted by Crippen LogP contribution is -2.27. The molecule has 1 saturated carbocycles.